The van der Waals surface area contributed by atoms with Crippen molar-refractivity contribution in [2.24, 2.45) is 23.2 Å². The fraction of sp³-hybridized carbons (Fsp3) is 0.905. The number of rotatable bonds is 6. The van der Waals surface area contributed by atoms with Crippen LogP contribution in [-0.4, -0.2) is 29.2 Å². The van der Waals surface area contributed by atoms with Crippen LogP contribution in [0, 0.1) is 23.2 Å². The third-order valence-corrected chi connectivity index (χ3v) is 8.30. The van der Waals surface area contributed by atoms with E-state index >= 15 is 0 Å². The average Bonchev–Trinajstić information content (AvgIpc) is 2.56. The van der Waals surface area contributed by atoms with Crippen LogP contribution in [0.25, 0.3) is 0 Å². The van der Waals surface area contributed by atoms with E-state index in [2.05, 4.69) is 26.6 Å². The Hall–Kier alpha value is -0.580. The highest BCUT2D eigenvalue weighted by Crippen LogP contribution is 2.65. The summed E-state index contributed by atoms with van der Waals surface area (Å²) in [6.07, 6.45) is 14.0. The van der Waals surface area contributed by atoms with Gasteiger partial charge in [-0.15, -0.1) is 0 Å². The van der Waals surface area contributed by atoms with Gasteiger partial charge in [-0.05, 0) is 68.6 Å². The standard InChI is InChI=1S/C21H33BrN2O2/c22-21-11-15-8-16(12-21)10-20(9-15,14-21)13-18(25)23-6-7-24-19(26)17-4-2-1-3-5-17/h15-17H,1-14H2,(H,23,25)(H,24,26). The van der Waals surface area contributed by atoms with Gasteiger partial charge in [-0.3, -0.25) is 9.59 Å². The lowest BCUT2D eigenvalue weighted by molar-refractivity contribution is -0.129. The normalized spacial score (nSPS) is 39.0. The van der Waals surface area contributed by atoms with Crippen molar-refractivity contribution in [3.8, 4) is 0 Å². The number of halogens is 1. The topological polar surface area (TPSA) is 58.2 Å². The summed E-state index contributed by atoms with van der Waals surface area (Å²) in [4.78, 5) is 24.7. The first-order chi connectivity index (χ1) is 12.5. The van der Waals surface area contributed by atoms with Crippen LogP contribution >= 0.6 is 15.9 Å². The molecule has 0 aromatic carbocycles. The van der Waals surface area contributed by atoms with Gasteiger partial charge >= 0.3 is 0 Å². The van der Waals surface area contributed by atoms with Gasteiger partial charge in [0.05, 0.1) is 0 Å². The van der Waals surface area contributed by atoms with Crippen LogP contribution in [0.3, 0.4) is 0 Å². The average molecular weight is 425 g/mol. The minimum atomic E-state index is 0.176. The molecule has 4 nitrogen and oxygen atoms in total. The van der Waals surface area contributed by atoms with Gasteiger partial charge in [0.2, 0.25) is 11.8 Å². The molecular formula is C21H33BrN2O2. The lowest BCUT2D eigenvalue weighted by Gasteiger charge is -2.60. The second-order valence-electron chi connectivity index (χ2n) is 9.76. The van der Waals surface area contributed by atoms with E-state index in [1.54, 1.807) is 0 Å². The third kappa shape index (κ3) is 4.13. The molecule has 0 aromatic rings. The van der Waals surface area contributed by atoms with E-state index in [0.717, 1.165) is 24.7 Å². The summed E-state index contributed by atoms with van der Waals surface area (Å²) in [6.45, 7) is 1.11. The first kappa shape index (κ1) is 18.8. The molecule has 5 aliphatic rings. The van der Waals surface area contributed by atoms with E-state index in [1.165, 1.54) is 57.8 Å². The van der Waals surface area contributed by atoms with Crippen LogP contribution in [-0.2, 0) is 9.59 Å². The largest absolute Gasteiger partial charge is 0.354 e. The molecule has 146 valence electrons. The van der Waals surface area contributed by atoms with E-state index in [-0.39, 0.29) is 23.1 Å². The molecule has 0 heterocycles. The predicted molar refractivity (Wildman–Crippen MR) is 106 cm³/mol. The first-order valence-corrected chi connectivity index (χ1v) is 11.5. The molecule has 5 heteroatoms. The molecular weight excluding hydrogens is 392 g/mol. The zero-order valence-electron chi connectivity index (χ0n) is 15.8. The van der Waals surface area contributed by atoms with Crippen LogP contribution < -0.4 is 10.6 Å². The number of carbonyl (C=O) groups is 2. The van der Waals surface area contributed by atoms with Crippen LogP contribution in [0.5, 0.6) is 0 Å². The van der Waals surface area contributed by atoms with Crippen molar-refractivity contribution >= 4 is 27.7 Å². The second kappa shape index (κ2) is 7.44. The van der Waals surface area contributed by atoms with E-state index in [1.807, 2.05) is 0 Å². The summed E-state index contributed by atoms with van der Waals surface area (Å²) in [7, 11) is 0. The maximum atomic E-state index is 12.5. The Kier molecular flexibility index (Phi) is 5.37. The Morgan fingerprint density at radius 3 is 2.23 bits per heavy atom. The van der Waals surface area contributed by atoms with Crippen LogP contribution in [0.4, 0.5) is 0 Å². The molecule has 2 atom stereocenters. The quantitative estimate of drug-likeness (QED) is 0.501. The van der Waals surface area contributed by atoms with E-state index in [0.29, 0.717) is 23.8 Å². The molecule has 2 amide bonds. The molecule has 2 N–H and O–H groups in total. The molecule has 0 aliphatic heterocycles. The SMILES string of the molecule is O=C(CC12CC3CC(CC(Br)(C3)C1)C2)NCCNC(=O)C1CCCCC1. The van der Waals surface area contributed by atoms with Gasteiger partial charge in [0, 0.05) is 29.8 Å². The molecule has 5 saturated carbocycles. The number of nitrogens with one attached hydrogen (secondary N) is 2. The fourth-order valence-corrected chi connectivity index (χ4v) is 8.35. The summed E-state index contributed by atoms with van der Waals surface area (Å²) in [6, 6.07) is 0. The molecule has 5 rings (SSSR count). The van der Waals surface area contributed by atoms with Crippen molar-refractivity contribution in [1.29, 1.82) is 0 Å². The van der Waals surface area contributed by atoms with Crippen molar-refractivity contribution in [3.05, 3.63) is 0 Å². The van der Waals surface area contributed by atoms with Gasteiger partial charge < -0.3 is 10.6 Å². The highest BCUT2D eigenvalue weighted by atomic mass is 79.9. The monoisotopic (exact) mass is 424 g/mol. The molecule has 26 heavy (non-hydrogen) atoms. The minimum Gasteiger partial charge on any atom is -0.354 e. The zero-order valence-corrected chi connectivity index (χ0v) is 17.4. The fourth-order valence-electron chi connectivity index (χ4n) is 6.84. The van der Waals surface area contributed by atoms with Crippen molar-refractivity contribution in [3.63, 3.8) is 0 Å². The number of alkyl halides is 1. The Labute approximate surface area is 165 Å². The van der Waals surface area contributed by atoms with Gasteiger partial charge in [-0.25, -0.2) is 0 Å². The summed E-state index contributed by atoms with van der Waals surface area (Å²) in [5, 5.41) is 6.07. The lowest BCUT2D eigenvalue weighted by Crippen LogP contribution is -2.54. The molecule has 2 unspecified atom stereocenters. The van der Waals surface area contributed by atoms with Crippen LogP contribution in [0.2, 0.25) is 0 Å². The van der Waals surface area contributed by atoms with Crippen molar-refractivity contribution in [1.82, 2.24) is 10.6 Å². The maximum absolute atomic E-state index is 12.5. The number of amides is 2. The highest BCUT2D eigenvalue weighted by Gasteiger charge is 2.57. The third-order valence-electron chi connectivity index (χ3n) is 7.37. The van der Waals surface area contributed by atoms with Crippen molar-refractivity contribution < 1.29 is 9.59 Å². The van der Waals surface area contributed by atoms with E-state index < -0.39 is 0 Å². The van der Waals surface area contributed by atoms with Gasteiger partial charge in [-0.1, -0.05) is 35.2 Å². The number of hydrogen-bond donors (Lipinski definition) is 2. The minimum absolute atomic E-state index is 0.176. The molecule has 0 aromatic heterocycles. The lowest BCUT2D eigenvalue weighted by atomic mass is 9.48. The Morgan fingerprint density at radius 2 is 1.58 bits per heavy atom. The van der Waals surface area contributed by atoms with Gasteiger partial charge in [0.25, 0.3) is 0 Å². The van der Waals surface area contributed by atoms with E-state index in [4.69, 9.17) is 0 Å². The van der Waals surface area contributed by atoms with Crippen LogP contribution in [0.15, 0.2) is 0 Å². The zero-order chi connectivity index (χ0) is 18.2. The number of carbonyl (C=O) groups excluding carboxylic acids is 2. The molecule has 5 aliphatic carbocycles. The van der Waals surface area contributed by atoms with Gasteiger partial charge in [0.15, 0.2) is 0 Å². The highest BCUT2D eigenvalue weighted by molar-refractivity contribution is 9.10. The maximum Gasteiger partial charge on any atom is 0.223 e. The van der Waals surface area contributed by atoms with Crippen molar-refractivity contribution in [2.75, 3.05) is 13.1 Å². The van der Waals surface area contributed by atoms with Gasteiger partial charge in [-0.2, -0.15) is 0 Å². The Morgan fingerprint density at radius 1 is 0.923 bits per heavy atom. The molecule has 0 radical (unpaired) electrons. The van der Waals surface area contributed by atoms with Crippen LogP contribution in [0.1, 0.15) is 77.0 Å². The summed E-state index contributed by atoms with van der Waals surface area (Å²) in [5.41, 5.74) is 0.225. The summed E-state index contributed by atoms with van der Waals surface area (Å²) < 4.78 is 0.311. The smallest absolute Gasteiger partial charge is 0.223 e. The summed E-state index contributed by atoms with van der Waals surface area (Å²) >= 11 is 4.02. The first-order valence-electron chi connectivity index (χ1n) is 10.7. The second-order valence-corrected chi connectivity index (χ2v) is 11.4. The molecule has 0 spiro atoms. The van der Waals surface area contributed by atoms with Crippen molar-refractivity contribution in [2.45, 2.75) is 81.4 Å². The predicted octanol–water partition coefficient (Wildman–Crippen LogP) is 3.92. The molecule has 4 bridgehead atoms. The summed E-state index contributed by atoms with van der Waals surface area (Å²) in [5.74, 6) is 2.19. The Balaban J connectivity index is 1.19. The van der Waals surface area contributed by atoms with E-state index in [9.17, 15) is 9.59 Å². The molecule has 0 saturated heterocycles. The number of hydrogen-bond acceptors (Lipinski definition) is 2. The van der Waals surface area contributed by atoms with Gasteiger partial charge in [0.1, 0.15) is 0 Å². The Bertz CT molecular complexity index is 544. The molecule has 5 fully saturated rings.